The van der Waals surface area contributed by atoms with Crippen LogP contribution in [0.2, 0.25) is 0 Å². The van der Waals surface area contributed by atoms with E-state index < -0.39 is 0 Å². The maximum absolute atomic E-state index is 12.7. The topological polar surface area (TPSA) is 84.4 Å². The fourth-order valence-electron chi connectivity index (χ4n) is 4.49. The molecule has 0 unspecified atom stereocenters. The Morgan fingerprint density at radius 3 is 2.28 bits per heavy atom. The Morgan fingerprint density at radius 2 is 1.69 bits per heavy atom. The van der Waals surface area contributed by atoms with Crippen LogP contribution in [0, 0.1) is 5.41 Å². The van der Waals surface area contributed by atoms with Crippen molar-refractivity contribution in [3.63, 3.8) is 0 Å². The predicted octanol–water partition coefficient (Wildman–Crippen LogP) is 4.28. The molecule has 0 spiro atoms. The van der Waals surface area contributed by atoms with Gasteiger partial charge in [-0.2, -0.15) is 0 Å². The molecule has 0 aliphatic carbocycles. The molecule has 2 fully saturated rings. The van der Waals surface area contributed by atoms with Gasteiger partial charge in [0.2, 0.25) is 0 Å². The number of nitrogens with one attached hydrogen (secondary N) is 3. The lowest BCUT2D eigenvalue weighted by molar-refractivity contribution is -0.115. The fourth-order valence-corrected chi connectivity index (χ4v) is 4.49. The highest BCUT2D eigenvalue weighted by Crippen LogP contribution is 2.22. The molecule has 3 N–H and O–H groups in total. The van der Waals surface area contributed by atoms with Gasteiger partial charge in [-0.3, -0.25) is 10.2 Å². The number of anilines is 2. The molecule has 1 aromatic heterocycles. The van der Waals surface area contributed by atoms with E-state index in [0.29, 0.717) is 11.4 Å². The van der Waals surface area contributed by atoms with Crippen LogP contribution in [0.3, 0.4) is 0 Å². The maximum atomic E-state index is 12.7. The van der Waals surface area contributed by atoms with Crippen molar-refractivity contribution in [2.24, 2.45) is 0 Å². The molecule has 1 amide bonds. The summed E-state index contributed by atoms with van der Waals surface area (Å²) in [5.74, 6) is 1.23. The third-order valence-electron chi connectivity index (χ3n) is 6.26. The van der Waals surface area contributed by atoms with Gasteiger partial charge in [-0.05, 0) is 50.8 Å². The Bertz CT molecular complexity index is 706. The summed E-state index contributed by atoms with van der Waals surface area (Å²) in [7, 11) is 1.80. The van der Waals surface area contributed by atoms with Crippen LogP contribution >= 0.6 is 0 Å². The number of aromatic nitrogens is 1. The van der Waals surface area contributed by atoms with Gasteiger partial charge in [0.15, 0.2) is 0 Å². The van der Waals surface area contributed by atoms with Crippen molar-refractivity contribution in [2.45, 2.75) is 78.2 Å². The summed E-state index contributed by atoms with van der Waals surface area (Å²) in [5.41, 5.74) is 0.552. The van der Waals surface area contributed by atoms with E-state index in [1.807, 2.05) is 26.0 Å². The number of hydrogen-bond donors (Lipinski definition) is 3. The molecular formula is C25H44N6O. The summed E-state index contributed by atoms with van der Waals surface area (Å²) >= 11 is 0. The van der Waals surface area contributed by atoms with Crippen molar-refractivity contribution in [2.75, 3.05) is 50.0 Å². The predicted molar refractivity (Wildman–Crippen MR) is 135 cm³/mol. The van der Waals surface area contributed by atoms with E-state index in [4.69, 9.17) is 10.4 Å². The molecule has 0 bridgehead atoms. The van der Waals surface area contributed by atoms with Gasteiger partial charge < -0.3 is 20.4 Å². The maximum Gasteiger partial charge on any atom is 0.270 e. The monoisotopic (exact) mass is 444 g/mol. The molecule has 7 heteroatoms. The van der Waals surface area contributed by atoms with Crippen LogP contribution in [0.5, 0.6) is 0 Å². The Kier molecular flexibility index (Phi) is 11.5. The van der Waals surface area contributed by atoms with Gasteiger partial charge in [0, 0.05) is 44.8 Å². The first-order chi connectivity index (χ1) is 15.6. The second-order valence-corrected chi connectivity index (χ2v) is 8.53. The van der Waals surface area contributed by atoms with E-state index >= 15 is 0 Å². The van der Waals surface area contributed by atoms with Crippen LogP contribution in [0.25, 0.3) is 0 Å². The molecule has 2 aliphatic rings. The Morgan fingerprint density at radius 1 is 1.06 bits per heavy atom. The summed E-state index contributed by atoms with van der Waals surface area (Å²) in [5, 5.41) is 14.6. The number of nitrogens with zero attached hydrogens (tertiary/aromatic N) is 3. The number of pyridine rings is 1. The van der Waals surface area contributed by atoms with Crippen molar-refractivity contribution < 1.29 is 4.79 Å². The number of piperidine rings is 1. The van der Waals surface area contributed by atoms with E-state index in [1.165, 1.54) is 32.1 Å². The molecular weight excluding hydrogens is 400 g/mol. The molecule has 0 radical (unpaired) electrons. The lowest BCUT2D eigenvalue weighted by Crippen LogP contribution is -2.46. The third-order valence-corrected chi connectivity index (χ3v) is 6.26. The summed E-state index contributed by atoms with van der Waals surface area (Å²) in [6.45, 7) is 11.4. The zero-order valence-electron chi connectivity index (χ0n) is 20.7. The van der Waals surface area contributed by atoms with Gasteiger partial charge in [-0.25, -0.2) is 4.98 Å². The number of rotatable bonds is 7. The minimum Gasteiger partial charge on any atom is -0.373 e. The quantitative estimate of drug-likeness (QED) is 0.547. The molecule has 7 nitrogen and oxygen atoms in total. The first-order valence-corrected chi connectivity index (χ1v) is 12.7. The zero-order chi connectivity index (χ0) is 23.3. The van der Waals surface area contributed by atoms with Crippen molar-refractivity contribution in [3.8, 4) is 0 Å². The molecule has 180 valence electrons. The van der Waals surface area contributed by atoms with Gasteiger partial charge in [0.25, 0.3) is 5.91 Å². The standard InChI is InChI=1S/C23H38N6O.C2H6/c1-3-13-28-16-11-18(12-17-28)26-23(30)21(24)19-9-10-20(27-22(19)25-2)29-14-7-5-4-6-8-15-29;1-2/h9-10,18,24H,3-8,11-17H2,1-2H3,(H,25,27)(H,26,30);1-2H3. The van der Waals surface area contributed by atoms with E-state index in [9.17, 15) is 4.79 Å². The van der Waals surface area contributed by atoms with Gasteiger partial charge in [-0.15, -0.1) is 0 Å². The summed E-state index contributed by atoms with van der Waals surface area (Å²) in [6, 6.07) is 3.99. The molecule has 3 heterocycles. The van der Waals surface area contributed by atoms with Gasteiger partial charge in [0.1, 0.15) is 17.3 Å². The summed E-state index contributed by atoms with van der Waals surface area (Å²) in [6.07, 6.45) is 9.31. The van der Waals surface area contributed by atoms with Crippen molar-refractivity contribution in [1.29, 1.82) is 5.41 Å². The average molecular weight is 445 g/mol. The molecule has 0 aromatic carbocycles. The number of likely N-dealkylation sites (tertiary alicyclic amines) is 1. The minimum absolute atomic E-state index is 0.0120. The highest BCUT2D eigenvalue weighted by Gasteiger charge is 2.24. The smallest absolute Gasteiger partial charge is 0.270 e. The SMILES string of the molecule is CC.CCCN1CCC(NC(=O)C(=N)c2ccc(N3CCCCCCC3)nc2NC)CC1. The third kappa shape index (κ3) is 7.47. The normalized spacial score (nSPS) is 18.1. The Hall–Kier alpha value is -2.15. The lowest BCUT2D eigenvalue weighted by Gasteiger charge is -2.32. The first-order valence-electron chi connectivity index (χ1n) is 12.7. The van der Waals surface area contributed by atoms with Gasteiger partial charge in [0.05, 0.1) is 0 Å². The number of hydrogen-bond acceptors (Lipinski definition) is 6. The van der Waals surface area contributed by atoms with E-state index in [0.717, 1.165) is 57.8 Å². The van der Waals surface area contributed by atoms with E-state index in [-0.39, 0.29) is 17.7 Å². The average Bonchev–Trinajstić information content (AvgIpc) is 2.81. The Balaban J connectivity index is 0.00000176. The van der Waals surface area contributed by atoms with E-state index in [1.54, 1.807) is 7.05 Å². The number of carbonyl (C=O) groups excluding carboxylic acids is 1. The van der Waals surface area contributed by atoms with E-state index in [2.05, 4.69) is 27.4 Å². The molecule has 32 heavy (non-hydrogen) atoms. The highest BCUT2D eigenvalue weighted by molar-refractivity contribution is 6.45. The van der Waals surface area contributed by atoms with Gasteiger partial charge in [-0.1, -0.05) is 40.0 Å². The molecule has 0 saturated carbocycles. The highest BCUT2D eigenvalue weighted by atomic mass is 16.1. The van der Waals surface area contributed by atoms with Crippen LogP contribution in [0.1, 0.15) is 77.7 Å². The van der Waals surface area contributed by atoms with Crippen LogP contribution in [0.15, 0.2) is 12.1 Å². The van der Waals surface area contributed by atoms with Crippen molar-refractivity contribution in [1.82, 2.24) is 15.2 Å². The number of carbonyl (C=O) groups is 1. The van der Waals surface area contributed by atoms with Crippen LogP contribution in [-0.4, -0.2) is 67.3 Å². The largest absolute Gasteiger partial charge is 0.373 e. The lowest BCUT2D eigenvalue weighted by atomic mass is 10.0. The fraction of sp³-hybridized carbons (Fsp3) is 0.720. The van der Waals surface area contributed by atoms with Gasteiger partial charge >= 0.3 is 0 Å². The molecule has 2 aliphatic heterocycles. The molecule has 2 saturated heterocycles. The molecule has 3 rings (SSSR count). The molecule has 0 atom stereocenters. The van der Waals surface area contributed by atoms with Crippen LogP contribution in [0.4, 0.5) is 11.6 Å². The summed E-state index contributed by atoms with van der Waals surface area (Å²) < 4.78 is 0. The second kappa shape index (κ2) is 14.1. The van der Waals surface area contributed by atoms with Crippen molar-refractivity contribution >= 4 is 23.3 Å². The zero-order valence-corrected chi connectivity index (χ0v) is 20.7. The first kappa shape index (κ1) is 26.1. The minimum atomic E-state index is -0.304. The van der Waals surface area contributed by atoms with Crippen LogP contribution in [-0.2, 0) is 4.79 Å². The number of amides is 1. The summed E-state index contributed by atoms with van der Waals surface area (Å²) in [4.78, 5) is 22.3. The Labute approximate surface area is 194 Å². The van der Waals surface area contributed by atoms with Crippen LogP contribution < -0.4 is 15.5 Å². The second-order valence-electron chi connectivity index (χ2n) is 8.53. The molecule has 1 aromatic rings. The van der Waals surface area contributed by atoms with Crippen molar-refractivity contribution in [3.05, 3.63) is 17.7 Å².